The van der Waals surface area contributed by atoms with Gasteiger partial charge in [0, 0.05) is 18.9 Å². The van der Waals surface area contributed by atoms with Crippen molar-refractivity contribution in [3.05, 3.63) is 41.7 Å². The Morgan fingerprint density at radius 1 is 1.23 bits per heavy atom. The van der Waals surface area contributed by atoms with Crippen LogP contribution < -0.4 is 5.32 Å². The lowest BCUT2D eigenvalue weighted by Gasteiger charge is -2.33. The van der Waals surface area contributed by atoms with Crippen LogP contribution in [0.15, 0.2) is 30.3 Å². The predicted octanol–water partition coefficient (Wildman–Crippen LogP) is 4.08. The highest BCUT2D eigenvalue weighted by Gasteiger charge is 2.32. The van der Waals surface area contributed by atoms with Gasteiger partial charge in [0.1, 0.15) is 18.0 Å². The summed E-state index contributed by atoms with van der Waals surface area (Å²) in [7, 11) is 0. The molecule has 6 heteroatoms. The maximum Gasteiger partial charge on any atom is 0.407 e. The number of rotatable bonds is 4. The Balaban J connectivity index is 2.21. The minimum absolute atomic E-state index is 0.138. The molecule has 0 saturated carbocycles. The Labute approximate surface area is 153 Å². The number of hydrogen-bond donors (Lipinski definition) is 1. The van der Waals surface area contributed by atoms with Crippen LogP contribution in [0, 0.1) is 11.7 Å². The van der Waals surface area contributed by atoms with E-state index in [0.29, 0.717) is 6.42 Å². The number of carbonyl (C=O) groups excluding carboxylic acids is 2. The van der Waals surface area contributed by atoms with Crippen LogP contribution in [-0.4, -0.2) is 30.3 Å². The number of hydrogen-bond acceptors (Lipinski definition) is 4. The smallest absolute Gasteiger partial charge is 0.407 e. The Kier molecular flexibility index (Phi) is 6.40. The molecule has 0 fully saturated rings. The Bertz CT molecular complexity index is 676. The fourth-order valence-corrected chi connectivity index (χ4v) is 3.01. The molecule has 1 aliphatic carbocycles. The number of esters is 1. The van der Waals surface area contributed by atoms with Crippen molar-refractivity contribution in [1.82, 2.24) is 5.32 Å². The number of carbonyl (C=O) groups is 2. The Morgan fingerprint density at radius 2 is 1.88 bits per heavy atom. The van der Waals surface area contributed by atoms with Crippen LogP contribution in [0.4, 0.5) is 9.18 Å². The van der Waals surface area contributed by atoms with Gasteiger partial charge in [-0.05, 0) is 56.9 Å². The van der Waals surface area contributed by atoms with Gasteiger partial charge in [-0.3, -0.25) is 4.79 Å². The number of allylic oxidation sites excluding steroid dienone is 1. The predicted molar refractivity (Wildman–Crippen MR) is 96.9 cm³/mol. The van der Waals surface area contributed by atoms with Gasteiger partial charge in [0.05, 0.1) is 0 Å². The maximum absolute atomic E-state index is 13.2. The van der Waals surface area contributed by atoms with Gasteiger partial charge in [0.2, 0.25) is 0 Å². The second kappa shape index (κ2) is 8.34. The SMILES string of the molecule is CC(=O)OC[C@@H]1C(c2ccc(F)cc2)=CCC[C@H]1NC(=O)OC(C)(C)C. The van der Waals surface area contributed by atoms with Crippen LogP contribution in [0.3, 0.4) is 0 Å². The quantitative estimate of drug-likeness (QED) is 0.819. The zero-order valence-corrected chi connectivity index (χ0v) is 15.7. The summed E-state index contributed by atoms with van der Waals surface area (Å²) in [6, 6.07) is 5.93. The topological polar surface area (TPSA) is 64.6 Å². The summed E-state index contributed by atoms with van der Waals surface area (Å²) in [5, 5.41) is 2.89. The standard InChI is InChI=1S/C20H26FNO4/c1-13(23)25-12-17-16(14-8-10-15(21)11-9-14)6-5-7-18(17)22-19(24)26-20(2,3)4/h6,8-11,17-18H,5,7,12H2,1-4H3,(H,22,24)/t17-,18-/m1/s1. The molecule has 0 bridgehead atoms. The van der Waals surface area contributed by atoms with Gasteiger partial charge >= 0.3 is 12.1 Å². The lowest BCUT2D eigenvalue weighted by atomic mass is 9.80. The zero-order valence-electron chi connectivity index (χ0n) is 15.7. The van der Waals surface area contributed by atoms with Gasteiger partial charge in [-0.2, -0.15) is 0 Å². The molecule has 1 N–H and O–H groups in total. The number of halogens is 1. The van der Waals surface area contributed by atoms with E-state index in [-0.39, 0.29) is 30.4 Å². The van der Waals surface area contributed by atoms with Crippen LogP contribution in [0.1, 0.15) is 46.1 Å². The van der Waals surface area contributed by atoms with Crippen molar-refractivity contribution >= 4 is 17.6 Å². The number of nitrogens with one attached hydrogen (secondary N) is 1. The molecule has 0 aliphatic heterocycles. The molecule has 2 rings (SSSR count). The molecule has 0 radical (unpaired) electrons. The van der Waals surface area contributed by atoms with E-state index in [0.717, 1.165) is 17.6 Å². The third-order valence-electron chi connectivity index (χ3n) is 4.07. The van der Waals surface area contributed by atoms with Gasteiger partial charge in [-0.15, -0.1) is 0 Å². The van der Waals surface area contributed by atoms with E-state index in [2.05, 4.69) is 11.4 Å². The highest BCUT2D eigenvalue weighted by Crippen LogP contribution is 2.33. The fraction of sp³-hybridized carbons (Fsp3) is 0.500. The summed E-state index contributed by atoms with van der Waals surface area (Å²) in [5.74, 6) is -0.930. The molecule has 2 atom stereocenters. The molecule has 1 aromatic rings. The van der Waals surface area contributed by atoms with Crippen LogP contribution in [-0.2, 0) is 14.3 Å². The van der Waals surface area contributed by atoms with E-state index in [1.807, 2.05) is 0 Å². The average Bonchev–Trinajstić information content (AvgIpc) is 2.52. The Morgan fingerprint density at radius 3 is 2.46 bits per heavy atom. The number of alkyl carbamates (subject to hydrolysis) is 1. The van der Waals surface area contributed by atoms with Gasteiger partial charge in [0.15, 0.2) is 0 Å². The van der Waals surface area contributed by atoms with Crippen molar-refractivity contribution in [2.24, 2.45) is 5.92 Å². The first-order valence-corrected chi connectivity index (χ1v) is 8.74. The molecule has 1 aliphatic rings. The third kappa shape index (κ3) is 5.86. The van der Waals surface area contributed by atoms with Crippen molar-refractivity contribution in [2.75, 3.05) is 6.61 Å². The molecule has 1 aromatic carbocycles. The molecule has 5 nitrogen and oxygen atoms in total. The van der Waals surface area contributed by atoms with Crippen molar-refractivity contribution in [2.45, 2.75) is 52.2 Å². The normalized spacial score (nSPS) is 20.1. The molecule has 0 saturated heterocycles. The van der Waals surface area contributed by atoms with Gasteiger partial charge in [0.25, 0.3) is 0 Å². The molecule has 0 heterocycles. The first-order chi connectivity index (χ1) is 12.2. The second-order valence-corrected chi connectivity index (χ2v) is 7.41. The number of benzene rings is 1. The molecule has 26 heavy (non-hydrogen) atoms. The maximum atomic E-state index is 13.2. The van der Waals surface area contributed by atoms with Gasteiger partial charge in [-0.1, -0.05) is 18.2 Å². The molecule has 0 spiro atoms. The minimum Gasteiger partial charge on any atom is -0.465 e. The van der Waals surface area contributed by atoms with E-state index in [1.54, 1.807) is 32.9 Å². The number of amides is 1. The summed E-state index contributed by atoms with van der Waals surface area (Å²) >= 11 is 0. The highest BCUT2D eigenvalue weighted by molar-refractivity contribution is 5.73. The van der Waals surface area contributed by atoms with Crippen LogP contribution in [0.25, 0.3) is 5.57 Å². The lowest BCUT2D eigenvalue weighted by molar-refractivity contribution is -0.142. The molecular weight excluding hydrogens is 337 g/mol. The first-order valence-electron chi connectivity index (χ1n) is 8.74. The van der Waals surface area contributed by atoms with Crippen molar-refractivity contribution < 1.29 is 23.5 Å². The minimum atomic E-state index is -0.597. The van der Waals surface area contributed by atoms with Crippen LogP contribution >= 0.6 is 0 Å². The fourth-order valence-electron chi connectivity index (χ4n) is 3.01. The van der Waals surface area contributed by atoms with Crippen LogP contribution in [0.5, 0.6) is 0 Å². The molecule has 1 amide bonds. The van der Waals surface area contributed by atoms with Gasteiger partial charge < -0.3 is 14.8 Å². The largest absolute Gasteiger partial charge is 0.465 e. The zero-order chi connectivity index (χ0) is 19.3. The summed E-state index contributed by atoms with van der Waals surface area (Å²) in [4.78, 5) is 23.5. The van der Waals surface area contributed by atoms with Crippen molar-refractivity contribution in [3.8, 4) is 0 Å². The molecule has 0 aromatic heterocycles. The summed E-state index contributed by atoms with van der Waals surface area (Å²) in [5.41, 5.74) is 1.18. The summed E-state index contributed by atoms with van der Waals surface area (Å²) < 4.78 is 23.8. The first kappa shape index (κ1) is 19.9. The molecule has 0 unspecified atom stereocenters. The van der Waals surface area contributed by atoms with Gasteiger partial charge in [-0.25, -0.2) is 9.18 Å². The second-order valence-electron chi connectivity index (χ2n) is 7.41. The third-order valence-corrected chi connectivity index (χ3v) is 4.07. The molecular formula is C20H26FNO4. The Hall–Kier alpha value is -2.37. The monoisotopic (exact) mass is 363 g/mol. The summed E-state index contributed by atoms with van der Waals surface area (Å²) in [6.45, 7) is 6.88. The average molecular weight is 363 g/mol. The highest BCUT2D eigenvalue weighted by atomic mass is 19.1. The number of ether oxygens (including phenoxy) is 2. The summed E-state index contributed by atoms with van der Waals surface area (Å²) in [6.07, 6.45) is 3.00. The lowest BCUT2D eigenvalue weighted by Crippen LogP contribution is -2.45. The van der Waals surface area contributed by atoms with E-state index in [4.69, 9.17) is 9.47 Å². The van der Waals surface area contributed by atoms with Crippen molar-refractivity contribution in [3.63, 3.8) is 0 Å². The van der Waals surface area contributed by atoms with E-state index in [1.165, 1.54) is 19.1 Å². The van der Waals surface area contributed by atoms with Crippen LogP contribution in [0.2, 0.25) is 0 Å². The van der Waals surface area contributed by atoms with E-state index >= 15 is 0 Å². The molecule has 142 valence electrons. The van der Waals surface area contributed by atoms with E-state index < -0.39 is 11.7 Å². The van der Waals surface area contributed by atoms with E-state index in [9.17, 15) is 14.0 Å². The van der Waals surface area contributed by atoms with Crippen molar-refractivity contribution in [1.29, 1.82) is 0 Å².